The second kappa shape index (κ2) is 4.01. The van der Waals surface area contributed by atoms with E-state index in [-0.39, 0.29) is 5.91 Å². The van der Waals surface area contributed by atoms with Crippen LogP contribution in [0.5, 0.6) is 0 Å². The summed E-state index contributed by atoms with van der Waals surface area (Å²) in [7, 11) is 0. The number of carbonyl (C=O) groups excluding carboxylic acids is 1. The predicted octanol–water partition coefficient (Wildman–Crippen LogP) is 1.16. The molecule has 0 atom stereocenters. The van der Waals surface area contributed by atoms with Gasteiger partial charge >= 0.3 is 0 Å². The van der Waals surface area contributed by atoms with Crippen molar-refractivity contribution in [3.63, 3.8) is 0 Å². The molecule has 1 fully saturated rings. The summed E-state index contributed by atoms with van der Waals surface area (Å²) < 4.78 is 1.66. The van der Waals surface area contributed by atoms with Gasteiger partial charge in [-0.15, -0.1) is 0 Å². The predicted molar refractivity (Wildman–Crippen MR) is 61.8 cm³/mol. The summed E-state index contributed by atoms with van der Waals surface area (Å²) in [5.74, 6) is -0.00218. The third-order valence-corrected chi connectivity index (χ3v) is 2.73. The molecule has 1 N–H and O–H groups in total. The van der Waals surface area contributed by atoms with Crippen LogP contribution < -0.4 is 5.32 Å². The fourth-order valence-electron chi connectivity index (χ4n) is 1.60. The smallest absolute Gasteiger partial charge is 0.251 e. The van der Waals surface area contributed by atoms with Gasteiger partial charge in [-0.1, -0.05) is 0 Å². The summed E-state index contributed by atoms with van der Waals surface area (Å²) in [6.45, 7) is 0. The van der Waals surface area contributed by atoms with Crippen molar-refractivity contribution in [2.45, 2.75) is 18.9 Å². The summed E-state index contributed by atoms with van der Waals surface area (Å²) in [5, 5.41) is 6.98. The monoisotopic (exact) mass is 228 g/mol. The Bertz CT molecular complexity index is 514. The maximum absolute atomic E-state index is 11.7. The molecule has 5 nitrogen and oxygen atoms in total. The van der Waals surface area contributed by atoms with Crippen molar-refractivity contribution in [3.8, 4) is 5.69 Å². The van der Waals surface area contributed by atoms with Gasteiger partial charge in [-0.25, -0.2) is 9.67 Å². The molecule has 1 aromatic heterocycles. The average molecular weight is 228 g/mol. The number of benzene rings is 1. The third kappa shape index (κ3) is 2.18. The first-order chi connectivity index (χ1) is 8.33. The number of hydrogen-bond acceptors (Lipinski definition) is 3. The number of nitrogens with zero attached hydrogens (tertiary/aromatic N) is 3. The van der Waals surface area contributed by atoms with E-state index in [1.54, 1.807) is 23.1 Å². The van der Waals surface area contributed by atoms with Crippen LogP contribution in [0.25, 0.3) is 5.69 Å². The molecule has 0 unspecified atom stereocenters. The lowest BCUT2D eigenvalue weighted by Gasteiger charge is -2.04. The topological polar surface area (TPSA) is 59.8 Å². The Morgan fingerprint density at radius 1 is 1.29 bits per heavy atom. The molecule has 1 amide bonds. The van der Waals surface area contributed by atoms with Crippen LogP contribution in [0.2, 0.25) is 0 Å². The van der Waals surface area contributed by atoms with Gasteiger partial charge in [0.15, 0.2) is 0 Å². The Hall–Kier alpha value is -2.17. The summed E-state index contributed by atoms with van der Waals surface area (Å²) in [6, 6.07) is 7.70. The van der Waals surface area contributed by atoms with E-state index < -0.39 is 0 Å². The third-order valence-electron chi connectivity index (χ3n) is 2.73. The second-order valence-corrected chi connectivity index (χ2v) is 4.13. The van der Waals surface area contributed by atoms with Crippen molar-refractivity contribution in [1.29, 1.82) is 0 Å². The van der Waals surface area contributed by atoms with E-state index in [2.05, 4.69) is 15.4 Å². The van der Waals surface area contributed by atoms with Crippen molar-refractivity contribution in [2.24, 2.45) is 0 Å². The van der Waals surface area contributed by atoms with Crippen molar-refractivity contribution < 1.29 is 4.79 Å². The lowest BCUT2D eigenvalue weighted by Crippen LogP contribution is -2.25. The van der Waals surface area contributed by atoms with E-state index in [0.717, 1.165) is 18.5 Å². The van der Waals surface area contributed by atoms with Crippen LogP contribution in [0.3, 0.4) is 0 Å². The lowest BCUT2D eigenvalue weighted by atomic mass is 10.2. The number of aromatic nitrogens is 3. The second-order valence-electron chi connectivity index (χ2n) is 4.13. The van der Waals surface area contributed by atoms with Crippen molar-refractivity contribution >= 4 is 5.91 Å². The first-order valence-corrected chi connectivity index (χ1v) is 5.59. The summed E-state index contributed by atoms with van der Waals surface area (Å²) in [6.07, 6.45) is 5.30. The molecule has 3 rings (SSSR count). The SMILES string of the molecule is O=C(NC1CC1)c1ccc(-n2cncn2)cc1. The molecule has 0 saturated heterocycles. The van der Waals surface area contributed by atoms with Gasteiger partial charge < -0.3 is 5.32 Å². The summed E-state index contributed by atoms with van der Waals surface area (Å²) in [4.78, 5) is 15.6. The molecule has 0 radical (unpaired) electrons. The van der Waals surface area contributed by atoms with Crippen LogP contribution >= 0.6 is 0 Å². The quantitative estimate of drug-likeness (QED) is 0.857. The van der Waals surface area contributed by atoms with Crippen LogP contribution in [0.1, 0.15) is 23.2 Å². The Kier molecular flexibility index (Phi) is 2.36. The summed E-state index contributed by atoms with van der Waals surface area (Å²) in [5.41, 5.74) is 1.58. The van der Waals surface area contributed by atoms with Gasteiger partial charge in [-0.2, -0.15) is 5.10 Å². The fourth-order valence-corrected chi connectivity index (χ4v) is 1.60. The zero-order valence-corrected chi connectivity index (χ0v) is 9.21. The molecule has 1 aliphatic rings. The Morgan fingerprint density at radius 2 is 2.06 bits per heavy atom. The maximum Gasteiger partial charge on any atom is 0.251 e. The molecule has 1 heterocycles. The average Bonchev–Trinajstić information content (AvgIpc) is 3.00. The molecule has 1 saturated carbocycles. The minimum atomic E-state index is -0.00218. The van der Waals surface area contributed by atoms with Gasteiger partial charge in [0.1, 0.15) is 12.7 Å². The molecule has 0 aliphatic heterocycles. The van der Waals surface area contributed by atoms with E-state index in [9.17, 15) is 4.79 Å². The number of carbonyl (C=O) groups is 1. The minimum absolute atomic E-state index is 0.00218. The summed E-state index contributed by atoms with van der Waals surface area (Å²) >= 11 is 0. The largest absolute Gasteiger partial charge is 0.349 e. The van der Waals surface area contributed by atoms with Crippen molar-refractivity contribution in [3.05, 3.63) is 42.5 Å². The molecule has 5 heteroatoms. The highest BCUT2D eigenvalue weighted by molar-refractivity contribution is 5.94. The van der Waals surface area contributed by atoms with Gasteiger partial charge in [0.2, 0.25) is 0 Å². The van der Waals surface area contributed by atoms with E-state index >= 15 is 0 Å². The molecular formula is C12H12N4O. The van der Waals surface area contributed by atoms with Gasteiger partial charge in [0.05, 0.1) is 5.69 Å². The molecule has 86 valence electrons. The molecule has 1 aromatic carbocycles. The van der Waals surface area contributed by atoms with E-state index in [1.165, 1.54) is 6.33 Å². The van der Waals surface area contributed by atoms with Crippen LogP contribution in [0.4, 0.5) is 0 Å². The van der Waals surface area contributed by atoms with E-state index in [4.69, 9.17) is 0 Å². The molecular weight excluding hydrogens is 216 g/mol. The first-order valence-electron chi connectivity index (χ1n) is 5.59. The standard InChI is InChI=1S/C12H12N4O/c17-12(15-10-3-4-10)9-1-5-11(6-2-9)16-8-13-7-14-16/h1-2,5-8,10H,3-4H2,(H,15,17). The maximum atomic E-state index is 11.7. The molecule has 1 aliphatic carbocycles. The van der Waals surface area contributed by atoms with Gasteiger partial charge in [-0.05, 0) is 37.1 Å². The first kappa shape index (κ1) is 10.0. The van der Waals surface area contributed by atoms with Crippen molar-refractivity contribution in [1.82, 2.24) is 20.1 Å². The number of nitrogens with one attached hydrogen (secondary N) is 1. The van der Waals surface area contributed by atoms with E-state index in [0.29, 0.717) is 11.6 Å². The van der Waals surface area contributed by atoms with Crippen molar-refractivity contribution in [2.75, 3.05) is 0 Å². The Morgan fingerprint density at radius 3 is 2.65 bits per heavy atom. The zero-order chi connectivity index (χ0) is 11.7. The highest BCUT2D eigenvalue weighted by Gasteiger charge is 2.23. The normalized spacial score (nSPS) is 14.6. The fraction of sp³-hybridized carbons (Fsp3) is 0.250. The Labute approximate surface area is 98.5 Å². The molecule has 0 bridgehead atoms. The lowest BCUT2D eigenvalue weighted by molar-refractivity contribution is 0.0951. The number of hydrogen-bond donors (Lipinski definition) is 1. The highest BCUT2D eigenvalue weighted by atomic mass is 16.1. The molecule has 0 spiro atoms. The number of rotatable bonds is 3. The van der Waals surface area contributed by atoms with Gasteiger partial charge in [0, 0.05) is 11.6 Å². The van der Waals surface area contributed by atoms with Crippen LogP contribution in [-0.4, -0.2) is 26.7 Å². The van der Waals surface area contributed by atoms with E-state index in [1.807, 2.05) is 12.1 Å². The highest BCUT2D eigenvalue weighted by Crippen LogP contribution is 2.19. The van der Waals surface area contributed by atoms with Gasteiger partial charge in [0.25, 0.3) is 5.91 Å². The van der Waals surface area contributed by atoms with Crippen LogP contribution in [0.15, 0.2) is 36.9 Å². The molecule has 17 heavy (non-hydrogen) atoms. The Balaban J connectivity index is 1.77. The molecule has 2 aromatic rings. The number of amides is 1. The van der Waals surface area contributed by atoms with Crippen LogP contribution in [0, 0.1) is 0 Å². The minimum Gasteiger partial charge on any atom is -0.349 e. The zero-order valence-electron chi connectivity index (χ0n) is 9.21. The van der Waals surface area contributed by atoms with Gasteiger partial charge in [-0.3, -0.25) is 4.79 Å². The van der Waals surface area contributed by atoms with Crippen LogP contribution in [-0.2, 0) is 0 Å².